The number of alkyl halides is 2. The van der Waals surface area contributed by atoms with Crippen LogP contribution in [0.5, 0.6) is 11.5 Å². The molecule has 0 aliphatic heterocycles. The lowest BCUT2D eigenvalue weighted by Gasteiger charge is -2.16. The van der Waals surface area contributed by atoms with Crippen molar-refractivity contribution >= 4 is 23.2 Å². The Morgan fingerprint density at radius 1 is 1.16 bits per heavy atom. The van der Waals surface area contributed by atoms with Crippen LogP contribution in [0.1, 0.15) is 19.4 Å². The number of hydrogen-bond donors (Lipinski definition) is 1. The van der Waals surface area contributed by atoms with Crippen molar-refractivity contribution < 1.29 is 23.0 Å². The van der Waals surface area contributed by atoms with Gasteiger partial charge in [-0.2, -0.15) is 8.78 Å². The maximum absolute atomic E-state index is 12.3. The molecule has 0 heterocycles. The minimum absolute atomic E-state index is 0.00588. The Hall–Kier alpha value is -2.34. The van der Waals surface area contributed by atoms with Crippen LogP contribution in [0.4, 0.5) is 14.5 Å². The van der Waals surface area contributed by atoms with Gasteiger partial charge in [0.25, 0.3) is 0 Å². The van der Waals surface area contributed by atoms with E-state index in [-0.39, 0.29) is 24.2 Å². The van der Waals surface area contributed by atoms with E-state index in [1.807, 2.05) is 13.8 Å². The van der Waals surface area contributed by atoms with Gasteiger partial charge in [-0.3, -0.25) is 4.79 Å². The smallest absolute Gasteiger partial charge is 0.387 e. The predicted octanol–water partition coefficient (Wildman–Crippen LogP) is 4.91. The molecule has 4 nitrogen and oxygen atoms in total. The van der Waals surface area contributed by atoms with E-state index < -0.39 is 6.61 Å². The summed E-state index contributed by atoms with van der Waals surface area (Å²) in [6.45, 7) is 0.790. The van der Waals surface area contributed by atoms with Gasteiger partial charge in [0.05, 0.1) is 23.2 Å². The van der Waals surface area contributed by atoms with Gasteiger partial charge in [0, 0.05) is 0 Å². The Kier molecular flexibility index (Phi) is 6.58. The third kappa shape index (κ3) is 5.90. The first kappa shape index (κ1) is 19.0. The minimum atomic E-state index is -2.91. The third-order valence-corrected chi connectivity index (χ3v) is 3.38. The average molecular weight is 370 g/mol. The van der Waals surface area contributed by atoms with Crippen LogP contribution in [0, 0.1) is 0 Å². The number of ether oxygens (including phenoxy) is 2. The van der Waals surface area contributed by atoms with E-state index in [9.17, 15) is 13.6 Å². The predicted molar refractivity (Wildman–Crippen MR) is 92.6 cm³/mol. The van der Waals surface area contributed by atoms with Crippen molar-refractivity contribution in [3.63, 3.8) is 0 Å². The molecule has 0 atom stereocenters. The van der Waals surface area contributed by atoms with Crippen molar-refractivity contribution in [2.75, 3.05) is 5.32 Å². The molecule has 0 aromatic heterocycles. The van der Waals surface area contributed by atoms with Crippen LogP contribution < -0.4 is 14.8 Å². The molecule has 2 aromatic carbocycles. The molecule has 0 aliphatic carbocycles. The lowest BCUT2D eigenvalue weighted by atomic mass is 10.1. The molecule has 2 aromatic rings. The monoisotopic (exact) mass is 369 g/mol. The summed E-state index contributed by atoms with van der Waals surface area (Å²) in [4.78, 5) is 12.3. The normalized spacial score (nSPS) is 10.8. The summed E-state index contributed by atoms with van der Waals surface area (Å²) in [6, 6.07) is 11.0. The first-order valence-electron chi connectivity index (χ1n) is 7.64. The van der Waals surface area contributed by atoms with Gasteiger partial charge in [-0.05, 0) is 43.7 Å². The fourth-order valence-electron chi connectivity index (χ4n) is 2.17. The van der Waals surface area contributed by atoms with Crippen molar-refractivity contribution in [2.24, 2.45) is 0 Å². The second-order valence-corrected chi connectivity index (χ2v) is 5.94. The fraction of sp³-hybridized carbons (Fsp3) is 0.278. The molecule has 0 fully saturated rings. The van der Waals surface area contributed by atoms with Gasteiger partial charge in [0.15, 0.2) is 5.75 Å². The van der Waals surface area contributed by atoms with Crippen molar-refractivity contribution in [1.29, 1.82) is 0 Å². The number of amides is 1. The second-order valence-electron chi connectivity index (χ2n) is 5.53. The average Bonchev–Trinajstić information content (AvgIpc) is 2.50. The molecule has 1 amide bonds. The number of nitrogens with one attached hydrogen (secondary N) is 1. The van der Waals surface area contributed by atoms with Crippen LogP contribution in [-0.2, 0) is 11.2 Å². The summed E-state index contributed by atoms with van der Waals surface area (Å²) < 4.78 is 34.5. The SMILES string of the molecule is CC(C)Oc1c(Cl)cccc1NC(=O)Cc1cccc(OC(F)F)c1. The number of carbonyl (C=O) groups excluding carboxylic acids is 1. The van der Waals surface area contributed by atoms with Gasteiger partial charge in [-0.15, -0.1) is 0 Å². The summed E-state index contributed by atoms with van der Waals surface area (Å²) in [5.41, 5.74) is 0.996. The molecule has 7 heteroatoms. The zero-order valence-corrected chi connectivity index (χ0v) is 14.5. The standard InChI is InChI=1S/C18H18ClF2NO3/c1-11(2)24-17-14(19)7-4-8-15(17)22-16(23)10-12-5-3-6-13(9-12)25-18(20)21/h3-9,11,18H,10H2,1-2H3,(H,22,23). The molecule has 0 aliphatic rings. The summed E-state index contributed by atoms with van der Waals surface area (Å²) in [5, 5.41) is 3.12. The number of benzene rings is 2. The molecule has 134 valence electrons. The molecular weight excluding hydrogens is 352 g/mol. The van der Waals surface area contributed by atoms with Crippen LogP contribution in [0.2, 0.25) is 5.02 Å². The highest BCUT2D eigenvalue weighted by atomic mass is 35.5. The summed E-state index contributed by atoms with van der Waals surface area (Å²) in [7, 11) is 0. The van der Waals surface area contributed by atoms with Crippen molar-refractivity contribution in [1.82, 2.24) is 0 Å². The fourth-order valence-corrected chi connectivity index (χ4v) is 2.39. The Labute approximate surface area is 149 Å². The van der Waals surface area contributed by atoms with Gasteiger partial charge in [0.1, 0.15) is 5.75 Å². The van der Waals surface area contributed by atoms with Crippen molar-refractivity contribution in [3.05, 3.63) is 53.1 Å². The number of carbonyl (C=O) groups is 1. The van der Waals surface area contributed by atoms with Gasteiger partial charge in [0.2, 0.25) is 5.91 Å². The Bertz CT molecular complexity index is 738. The molecular formula is C18H18ClF2NO3. The largest absolute Gasteiger partial charge is 0.487 e. The van der Waals surface area contributed by atoms with Crippen LogP contribution in [0.15, 0.2) is 42.5 Å². The highest BCUT2D eigenvalue weighted by molar-refractivity contribution is 6.32. The van der Waals surface area contributed by atoms with E-state index in [2.05, 4.69) is 10.1 Å². The lowest BCUT2D eigenvalue weighted by Crippen LogP contribution is -2.16. The van der Waals surface area contributed by atoms with Gasteiger partial charge < -0.3 is 14.8 Å². The van der Waals surface area contributed by atoms with Gasteiger partial charge in [-0.25, -0.2) is 0 Å². The number of para-hydroxylation sites is 1. The van der Waals surface area contributed by atoms with Crippen LogP contribution in [0.25, 0.3) is 0 Å². The quantitative estimate of drug-likeness (QED) is 0.754. The van der Waals surface area contributed by atoms with E-state index >= 15 is 0 Å². The Morgan fingerprint density at radius 2 is 1.88 bits per heavy atom. The zero-order valence-electron chi connectivity index (χ0n) is 13.8. The van der Waals surface area contributed by atoms with E-state index in [1.54, 1.807) is 30.3 Å². The summed E-state index contributed by atoms with van der Waals surface area (Å²) in [5.74, 6) is 0.0688. The molecule has 0 spiro atoms. The first-order valence-corrected chi connectivity index (χ1v) is 8.01. The number of halogens is 3. The highest BCUT2D eigenvalue weighted by Crippen LogP contribution is 2.33. The maximum Gasteiger partial charge on any atom is 0.387 e. The molecule has 0 radical (unpaired) electrons. The molecule has 0 saturated heterocycles. The topological polar surface area (TPSA) is 47.6 Å². The van der Waals surface area contributed by atoms with Crippen molar-refractivity contribution in [3.8, 4) is 11.5 Å². The number of anilines is 1. The highest BCUT2D eigenvalue weighted by Gasteiger charge is 2.14. The number of rotatable bonds is 7. The van der Waals surface area contributed by atoms with Crippen LogP contribution in [-0.4, -0.2) is 18.6 Å². The van der Waals surface area contributed by atoms with Gasteiger partial charge in [-0.1, -0.05) is 29.8 Å². The van der Waals surface area contributed by atoms with Crippen LogP contribution >= 0.6 is 11.6 Å². The lowest BCUT2D eigenvalue weighted by molar-refractivity contribution is -0.115. The molecule has 0 bridgehead atoms. The molecule has 25 heavy (non-hydrogen) atoms. The minimum Gasteiger partial charge on any atom is -0.487 e. The van der Waals surface area contributed by atoms with E-state index in [1.165, 1.54) is 12.1 Å². The maximum atomic E-state index is 12.3. The summed E-state index contributed by atoms with van der Waals surface area (Å²) in [6.07, 6.45) is -0.118. The zero-order chi connectivity index (χ0) is 18.4. The number of hydrogen-bond acceptors (Lipinski definition) is 3. The van der Waals surface area contributed by atoms with E-state index in [4.69, 9.17) is 16.3 Å². The third-order valence-electron chi connectivity index (χ3n) is 3.08. The first-order chi connectivity index (χ1) is 11.8. The molecule has 0 unspecified atom stereocenters. The van der Waals surface area contributed by atoms with Gasteiger partial charge >= 0.3 is 6.61 Å². The van der Waals surface area contributed by atoms with E-state index in [0.717, 1.165) is 0 Å². The summed E-state index contributed by atoms with van der Waals surface area (Å²) >= 11 is 6.12. The Morgan fingerprint density at radius 3 is 2.56 bits per heavy atom. The van der Waals surface area contributed by atoms with Crippen molar-refractivity contribution in [2.45, 2.75) is 33.0 Å². The molecule has 2 rings (SSSR count). The van der Waals surface area contributed by atoms with E-state index in [0.29, 0.717) is 22.0 Å². The van der Waals surface area contributed by atoms with Crippen LogP contribution in [0.3, 0.4) is 0 Å². The molecule has 0 saturated carbocycles. The second kappa shape index (κ2) is 8.67. The molecule has 1 N–H and O–H groups in total. The Balaban J connectivity index is 2.09.